The second-order valence-electron chi connectivity index (χ2n) is 9.84. The number of nitriles is 1. The molecule has 0 unspecified atom stereocenters. The Morgan fingerprint density at radius 2 is 1.85 bits per heavy atom. The zero-order chi connectivity index (χ0) is 23.8. The normalized spacial score (nSPS) is 23.9. The van der Waals surface area contributed by atoms with Crippen LogP contribution in [0, 0.1) is 17.2 Å². The number of aliphatic hydroxyl groups excluding tert-OH is 1. The molecule has 3 heterocycles. The lowest BCUT2D eigenvalue weighted by molar-refractivity contribution is -0.138. The number of aliphatic hydroxyl groups is 1. The summed E-state index contributed by atoms with van der Waals surface area (Å²) in [5.74, 6) is 0.670. The van der Waals surface area contributed by atoms with Gasteiger partial charge in [-0.2, -0.15) is 10.2 Å². The SMILES string of the molecule is N#Cc1c(N)c2cnc(N[C@H]3CC[C@H](C(=O)N4CCC(O)CC4)CC3)nc2n(C2CCC2)c1=O. The predicted molar refractivity (Wildman–Crippen MR) is 127 cm³/mol. The minimum atomic E-state index is -0.383. The number of nitrogens with two attached hydrogens (primary N) is 1. The molecule has 10 nitrogen and oxygen atoms in total. The molecule has 1 amide bonds. The van der Waals surface area contributed by atoms with E-state index in [1.54, 1.807) is 10.8 Å². The van der Waals surface area contributed by atoms with Crippen LogP contribution in [0.4, 0.5) is 11.6 Å². The summed E-state index contributed by atoms with van der Waals surface area (Å²) in [6, 6.07) is 2.12. The van der Waals surface area contributed by atoms with Gasteiger partial charge in [-0.15, -0.1) is 0 Å². The Kier molecular flexibility index (Phi) is 6.13. The number of pyridine rings is 1. The summed E-state index contributed by atoms with van der Waals surface area (Å²) >= 11 is 0. The molecule has 0 aromatic carbocycles. The number of hydrogen-bond acceptors (Lipinski definition) is 8. The standard InChI is InChI=1S/C24H31N7O3/c25-12-18-20(26)19-13-27-24(29-21(19)31(23(18)34)16-2-1-3-16)28-15-6-4-14(5-7-15)22(33)30-10-8-17(32)9-11-30/h13-17,32H,1-11,26H2,(H,27,28,29)/t14-,15-. The van der Waals surface area contributed by atoms with Crippen molar-refractivity contribution in [3.63, 3.8) is 0 Å². The van der Waals surface area contributed by atoms with Gasteiger partial charge in [0.1, 0.15) is 11.6 Å². The second kappa shape index (κ2) is 9.22. The maximum absolute atomic E-state index is 12.9. The minimum absolute atomic E-state index is 0.0267. The highest BCUT2D eigenvalue weighted by Crippen LogP contribution is 2.34. The Hall–Kier alpha value is -3.19. The first-order chi connectivity index (χ1) is 16.5. The van der Waals surface area contributed by atoms with Gasteiger partial charge in [0.05, 0.1) is 17.2 Å². The molecule has 5 rings (SSSR count). The third-order valence-corrected chi connectivity index (χ3v) is 7.73. The van der Waals surface area contributed by atoms with Gasteiger partial charge in [0.2, 0.25) is 11.9 Å². The van der Waals surface area contributed by atoms with E-state index in [1.807, 2.05) is 11.0 Å². The molecule has 0 bridgehead atoms. The minimum Gasteiger partial charge on any atom is -0.397 e. The highest BCUT2D eigenvalue weighted by Gasteiger charge is 2.32. The van der Waals surface area contributed by atoms with Gasteiger partial charge in [-0.25, -0.2) is 4.98 Å². The molecule has 0 radical (unpaired) electrons. The van der Waals surface area contributed by atoms with Crippen LogP contribution in [0.15, 0.2) is 11.0 Å². The lowest BCUT2D eigenvalue weighted by atomic mass is 9.85. The topological polar surface area (TPSA) is 150 Å². The van der Waals surface area contributed by atoms with Gasteiger partial charge >= 0.3 is 0 Å². The van der Waals surface area contributed by atoms with Crippen LogP contribution in [0.1, 0.15) is 69.4 Å². The Balaban J connectivity index is 1.30. The number of carbonyl (C=O) groups is 1. The molecule has 34 heavy (non-hydrogen) atoms. The van der Waals surface area contributed by atoms with Crippen molar-refractivity contribution in [3.8, 4) is 6.07 Å². The van der Waals surface area contributed by atoms with E-state index in [9.17, 15) is 20.0 Å². The van der Waals surface area contributed by atoms with E-state index in [-0.39, 0.29) is 46.8 Å². The summed E-state index contributed by atoms with van der Waals surface area (Å²) in [5, 5.41) is 23.0. The number of hydrogen-bond donors (Lipinski definition) is 3. The monoisotopic (exact) mass is 465 g/mol. The molecule has 10 heteroatoms. The zero-order valence-electron chi connectivity index (χ0n) is 19.2. The Bertz CT molecular complexity index is 1180. The zero-order valence-corrected chi connectivity index (χ0v) is 19.2. The smallest absolute Gasteiger partial charge is 0.272 e. The van der Waals surface area contributed by atoms with Crippen molar-refractivity contribution in [2.45, 2.75) is 76.0 Å². The van der Waals surface area contributed by atoms with E-state index in [0.29, 0.717) is 42.9 Å². The number of nitrogens with one attached hydrogen (secondary N) is 1. The lowest BCUT2D eigenvalue weighted by Gasteiger charge is -2.35. The average Bonchev–Trinajstić information content (AvgIpc) is 2.81. The van der Waals surface area contributed by atoms with E-state index in [2.05, 4.69) is 15.3 Å². The van der Waals surface area contributed by atoms with Gasteiger partial charge in [-0.3, -0.25) is 14.2 Å². The molecule has 3 aliphatic rings. The molecule has 2 aromatic heterocycles. The summed E-state index contributed by atoms with van der Waals surface area (Å²) < 4.78 is 1.62. The largest absolute Gasteiger partial charge is 0.397 e. The highest BCUT2D eigenvalue weighted by atomic mass is 16.3. The summed E-state index contributed by atoms with van der Waals surface area (Å²) in [4.78, 5) is 36.8. The van der Waals surface area contributed by atoms with Crippen molar-refractivity contribution in [1.29, 1.82) is 5.26 Å². The molecular weight excluding hydrogens is 434 g/mol. The molecule has 2 aliphatic carbocycles. The Labute approximate surface area is 197 Å². The van der Waals surface area contributed by atoms with Gasteiger partial charge in [-0.1, -0.05) is 0 Å². The van der Waals surface area contributed by atoms with E-state index in [0.717, 1.165) is 44.9 Å². The number of rotatable bonds is 4. The lowest BCUT2D eigenvalue weighted by Crippen LogP contribution is -2.44. The first-order valence-corrected chi connectivity index (χ1v) is 12.3. The Morgan fingerprint density at radius 3 is 2.47 bits per heavy atom. The molecular formula is C24H31N7O3. The van der Waals surface area contributed by atoms with Crippen molar-refractivity contribution >= 4 is 28.6 Å². The van der Waals surface area contributed by atoms with Crippen LogP contribution >= 0.6 is 0 Å². The van der Waals surface area contributed by atoms with Crippen molar-refractivity contribution in [2.24, 2.45) is 5.92 Å². The molecule has 4 N–H and O–H groups in total. The molecule has 3 fully saturated rings. The third-order valence-electron chi connectivity index (χ3n) is 7.73. The maximum Gasteiger partial charge on any atom is 0.272 e. The van der Waals surface area contributed by atoms with Gasteiger partial charge in [0.25, 0.3) is 5.56 Å². The van der Waals surface area contributed by atoms with Crippen LogP contribution in [0.5, 0.6) is 0 Å². The van der Waals surface area contributed by atoms with E-state index >= 15 is 0 Å². The summed E-state index contributed by atoms with van der Waals surface area (Å²) in [6.07, 6.45) is 8.70. The van der Waals surface area contributed by atoms with Crippen molar-refractivity contribution in [1.82, 2.24) is 19.4 Å². The maximum atomic E-state index is 12.9. The number of carbonyl (C=O) groups excluding carboxylic acids is 1. The first kappa shape index (κ1) is 22.6. The Morgan fingerprint density at radius 1 is 1.15 bits per heavy atom. The number of amides is 1. The van der Waals surface area contributed by atoms with Gasteiger partial charge < -0.3 is 21.1 Å². The van der Waals surface area contributed by atoms with Crippen molar-refractivity contribution in [2.75, 3.05) is 24.1 Å². The quantitative estimate of drug-likeness (QED) is 0.620. The third kappa shape index (κ3) is 4.09. The number of nitrogens with zero attached hydrogens (tertiary/aromatic N) is 5. The number of nitrogen functional groups attached to an aromatic ring is 1. The molecule has 1 aliphatic heterocycles. The van der Waals surface area contributed by atoms with Gasteiger partial charge in [0.15, 0.2) is 5.65 Å². The predicted octanol–water partition coefficient (Wildman–Crippen LogP) is 1.92. The van der Waals surface area contributed by atoms with Crippen LogP contribution in [0.2, 0.25) is 0 Å². The number of fused-ring (bicyclic) bond motifs is 1. The second-order valence-corrected chi connectivity index (χ2v) is 9.84. The molecule has 0 spiro atoms. The number of anilines is 2. The molecule has 0 atom stereocenters. The van der Waals surface area contributed by atoms with E-state index in [4.69, 9.17) is 5.73 Å². The van der Waals surface area contributed by atoms with Crippen LogP contribution in [0.3, 0.4) is 0 Å². The molecule has 2 saturated carbocycles. The summed E-state index contributed by atoms with van der Waals surface area (Å²) in [7, 11) is 0. The molecule has 2 aromatic rings. The van der Waals surface area contributed by atoms with Crippen molar-refractivity contribution < 1.29 is 9.90 Å². The van der Waals surface area contributed by atoms with Crippen LogP contribution < -0.4 is 16.6 Å². The number of likely N-dealkylation sites (tertiary alicyclic amines) is 1. The molecule has 180 valence electrons. The van der Waals surface area contributed by atoms with E-state index in [1.165, 1.54) is 0 Å². The fourth-order valence-corrected chi connectivity index (χ4v) is 5.39. The summed E-state index contributed by atoms with van der Waals surface area (Å²) in [5.41, 5.74) is 6.30. The fourth-order valence-electron chi connectivity index (χ4n) is 5.39. The highest BCUT2D eigenvalue weighted by molar-refractivity contribution is 5.90. The number of piperidine rings is 1. The molecule has 1 saturated heterocycles. The van der Waals surface area contributed by atoms with Gasteiger partial charge in [0, 0.05) is 37.3 Å². The van der Waals surface area contributed by atoms with Crippen LogP contribution in [-0.4, -0.2) is 55.7 Å². The fraction of sp³-hybridized carbons (Fsp3) is 0.625. The van der Waals surface area contributed by atoms with Crippen molar-refractivity contribution in [3.05, 3.63) is 22.1 Å². The first-order valence-electron chi connectivity index (χ1n) is 12.3. The van der Waals surface area contributed by atoms with Crippen LogP contribution in [-0.2, 0) is 4.79 Å². The average molecular weight is 466 g/mol. The van der Waals surface area contributed by atoms with Crippen LogP contribution in [0.25, 0.3) is 11.0 Å². The van der Waals surface area contributed by atoms with E-state index < -0.39 is 0 Å². The summed E-state index contributed by atoms with van der Waals surface area (Å²) in [6.45, 7) is 1.28. The van der Waals surface area contributed by atoms with Gasteiger partial charge in [-0.05, 0) is 57.8 Å². The number of aromatic nitrogens is 3.